The molecule has 148 valence electrons. The maximum atomic E-state index is 13.6. The molecule has 1 rings (SSSR count). The molecule has 0 fully saturated rings. The van der Waals surface area contributed by atoms with E-state index in [4.69, 9.17) is 0 Å². The molecule has 0 saturated carbocycles. The first kappa shape index (κ1) is 22.0. The average molecular weight is 399 g/mol. The van der Waals surface area contributed by atoms with Gasteiger partial charge < -0.3 is 5.11 Å². The molecule has 1 unspecified atom stereocenters. The Bertz CT molecular complexity index is 668. The van der Waals surface area contributed by atoms with Crippen LogP contribution in [0.2, 0.25) is 0 Å². The predicted molar refractivity (Wildman–Crippen MR) is 68.2 cm³/mol. The lowest BCUT2D eigenvalue weighted by molar-refractivity contribution is -0.400. The van der Waals surface area contributed by atoms with Crippen molar-refractivity contribution in [2.75, 3.05) is 0 Å². The maximum Gasteiger partial charge on any atom is 0.460 e. The summed E-state index contributed by atoms with van der Waals surface area (Å²) in [6, 6.07) is 2.75. The summed E-state index contributed by atoms with van der Waals surface area (Å²) in [7, 11) is 0. The van der Waals surface area contributed by atoms with E-state index in [1.165, 1.54) is 0 Å². The van der Waals surface area contributed by atoms with Crippen LogP contribution in [0.4, 0.5) is 45.2 Å². The number of non-ortho nitro benzene ring substituents is 1. The Kier molecular flexibility index (Phi) is 5.31. The Morgan fingerprint density at radius 2 is 1.35 bits per heavy atom. The summed E-state index contributed by atoms with van der Waals surface area (Å²) in [4.78, 5) is 9.55. The van der Waals surface area contributed by atoms with E-state index in [0.717, 1.165) is 0 Å². The Hall–Kier alpha value is -2.05. The maximum absolute atomic E-state index is 13.6. The van der Waals surface area contributed by atoms with Crippen LogP contribution in [0.3, 0.4) is 0 Å². The molecule has 1 N–H and O–H groups in total. The second kappa shape index (κ2) is 6.28. The SMILES string of the molecule is CC(O)(CC(F)(F)C(F)(F)C(F)(F)C(F)(F)F)c1ccc([N+](=O)[O-])cc1. The van der Waals surface area contributed by atoms with Gasteiger partial charge in [-0.1, -0.05) is 0 Å². The number of halogens is 9. The molecule has 0 spiro atoms. The van der Waals surface area contributed by atoms with E-state index in [2.05, 4.69) is 0 Å². The molecule has 0 aliphatic heterocycles. The van der Waals surface area contributed by atoms with E-state index in [0.29, 0.717) is 31.2 Å². The molecule has 1 atom stereocenters. The third-order valence-electron chi connectivity index (χ3n) is 3.48. The molecule has 1 aromatic carbocycles. The molecular weight excluding hydrogens is 389 g/mol. The van der Waals surface area contributed by atoms with Gasteiger partial charge in [-0.05, 0) is 24.6 Å². The highest BCUT2D eigenvalue weighted by Crippen LogP contribution is 2.55. The molecule has 0 bridgehead atoms. The van der Waals surface area contributed by atoms with Gasteiger partial charge in [0.25, 0.3) is 5.69 Å². The number of benzene rings is 1. The van der Waals surface area contributed by atoms with Crippen LogP contribution >= 0.6 is 0 Å². The van der Waals surface area contributed by atoms with Gasteiger partial charge in [-0.15, -0.1) is 0 Å². The number of hydrogen-bond donors (Lipinski definition) is 1. The van der Waals surface area contributed by atoms with E-state index >= 15 is 0 Å². The number of aliphatic hydroxyl groups is 1. The zero-order chi connectivity index (χ0) is 20.8. The summed E-state index contributed by atoms with van der Waals surface area (Å²) >= 11 is 0. The highest BCUT2D eigenvalue weighted by molar-refractivity contribution is 5.35. The first-order chi connectivity index (χ1) is 11.4. The third-order valence-corrected chi connectivity index (χ3v) is 3.48. The minimum atomic E-state index is -7.06. The van der Waals surface area contributed by atoms with Crippen LogP contribution in [-0.2, 0) is 5.60 Å². The summed E-state index contributed by atoms with van der Waals surface area (Å²) in [6.07, 6.45) is -9.46. The second-order valence-electron chi connectivity index (χ2n) is 5.61. The molecule has 0 radical (unpaired) electrons. The van der Waals surface area contributed by atoms with Crippen LogP contribution in [0.15, 0.2) is 24.3 Å². The minimum absolute atomic E-state index is 0.462. The molecule has 0 amide bonds. The molecule has 1 aromatic rings. The van der Waals surface area contributed by atoms with Crippen molar-refractivity contribution in [1.82, 2.24) is 0 Å². The van der Waals surface area contributed by atoms with Crippen LogP contribution in [0, 0.1) is 10.1 Å². The van der Waals surface area contributed by atoms with Crippen molar-refractivity contribution in [3.63, 3.8) is 0 Å². The summed E-state index contributed by atoms with van der Waals surface area (Å²) in [6.45, 7) is 0.462. The average Bonchev–Trinajstić information content (AvgIpc) is 2.44. The molecule has 4 nitrogen and oxygen atoms in total. The number of nitrogens with zero attached hydrogens (tertiary/aromatic N) is 1. The molecule has 0 aliphatic carbocycles. The van der Waals surface area contributed by atoms with Crippen molar-refractivity contribution in [3.8, 4) is 0 Å². The molecule has 0 saturated heterocycles. The second-order valence-corrected chi connectivity index (χ2v) is 5.61. The number of alkyl halides is 9. The van der Waals surface area contributed by atoms with E-state index in [9.17, 15) is 54.7 Å². The van der Waals surface area contributed by atoms with Gasteiger partial charge in [0.1, 0.15) is 0 Å². The fourth-order valence-corrected chi connectivity index (χ4v) is 2.00. The van der Waals surface area contributed by atoms with Gasteiger partial charge in [0.2, 0.25) is 0 Å². The predicted octanol–water partition coefficient (Wildman–Crippen LogP) is 4.66. The van der Waals surface area contributed by atoms with Gasteiger partial charge in [-0.25, -0.2) is 0 Å². The summed E-state index contributed by atoms with van der Waals surface area (Å²) in [5, 5.41) is 20.3. The Balaban J connectivity index is 3.22. The Morgan fingerprint density at radius 1 is 0.923 bits per heavy atom. The van der Waals surface area contributed by atoms with Crippen molar-refractivity contribution in [1.29, 1.82) is 0 Å². The molecular formula is C13H10F9NO3. The van der Waals surface area contributed by atoms with Crippen molar-refractivity contribution in [2.45, 2.75) is 42.9 Å². The van der Waals surface area contributed by atoms with Crippen LogP contribution in [0.5, 0.6) is 0 Å². The van der Waals surface area contributed by atoms with Crippen molar-refractivity contribution < 1.29 is 49.5 Å². The number of hydrogen-bond acceptors (Lipinski definition) is 3. The zero-order valence-electron chi connectivity index (χ0n) is 12.6. The molecule has 0 aromatic heterocycles. The van der Waals surface area contributed by atoms with Gasteiger partial charge in [-0.3, -0.25) is 10.1 Å². The Morgan fingerprint density at radius 3 is 1.69 bits per heavy atom. The monoisotopic (exact) mass is 399 g/mol. The van der Waals surface area contributed by atoms with E-state index < -0.39 is 52.1 Å². The fraction of sp³-hybridized carbons (Fsp3) is 0.538. The quantitative estimate of drug-likeness (QED) is 0.430. The molecule has 26 heavy (non-hydrogen) atoms. The normalized spacial score (nSPS) is 16.3. The summed E-state index contributed by atoms with van der Waals surface area (Å²) in [5.74, 6) is -19.9. The summed E-state index contributed by atoms with van der Waals surface area (Å²) in [5.41, 5.74) is -4.19. The van der Waals surface area contributed by atoms with E-state index in [1.807, 2.05) is 0 Å². The van der Waals surface area contributed by atoms with Crippen molar-refractivity contribution >= 4 is 5.69 Å². The van der Waals surface area contributed by atoms with Gasteiger partial charge in [0.15, 0.2) is 0 Å². The van der Waals surface area contributed by atoms with Gasteiger partial charge >= 0.3 is 23.9 Å². The number of nitro benzene ring substituents is 1. The Labute approximate surface area is 139 Å². The van der Waals surface area contributed by atoms with Gasteiger partial charge in [0.05, 0.1) is 16.9 Å². The van der Waals surface area contributed by atoms with Crippen LogP contribution in [-0.4, -0.2) is 34.0 Å². The highest BCUT2D eigenvalue weighted by Gasteiger charge is 2.81. The van der Waals surface area contributed by atoms with Crippen molar-refractivity contribution in [3.05, 3.63) is 39.9 Å². The highest BCUT2D eigenvalue weighted by atomic mass is 19.4. The van der Waals surface area contributed by atoms with Gasteiger partial charge in [0, 0.05) is 12.1 Å². The van der Waals surface area contributed by atoms with E-state index in [-0.39, 0.29) is 0 Å². The molecule has 0 heterocycles. The first-order valence-corrected chi connectivity index (χ1v) is 6.54. The smallest absolute Gasteiger partial charge is 0.385 e. The minimum Gasteiger partial charge on any atom is -0.385 e. The zero-order valence-corrected chi connectivity index (χ0v) is 12.6. The lowest BCUT2D eigenvalue weighted by atomic mass is 9.86. The van der Waals surface area contributed by atoms with Crippen LogP contribution in [0.25, 0.3) is 0 Å². The third kappa shape index (κ3) is 3.71. The molecule has 13 heteroatoms. The largest absolute Gasteiger partial charge is 0.460 e. The van der Waals surface area contributed by atoms with Crippen LogP contribution < -0.4 is 0 Å². The standard InChI is InChI=1S/C13H10F9NO3/c1-9(24,7-2-4-8(5-3-7)23(25)26)6-10(14,15)11(16,17)12(18,19)13(20,21)22/h2-5,24H,6H2,1H3. The number of nitro groups is 1. The van der Waals surface area contributed by atoms with E-state index in [1.54, 1.807) is 0 Å². The summed E-state index contributed by atoms with van der Waals surface area (Å²) < 4.78 is 116. The first-order valence-electron chi connectivity index (χ1n) is 6.54. The van der Waals surface area contributed by atoms with Crippen molar-refractivity contribution in [2.24, 2.45) is 0 Å². The number of rotatable bonds is 6. The van der Waals surface area contributed by atoms with Gasteiger partial charge in [-0.2, -0.15) is 39.5 Å². The van der Waals surface area contributed by atoms with Crippen LogP contribution in [0.1, 0.15) is 18.9 Å². The lowest BCUT2D eigenvalue weighted by Gasteiger charge is -2.37. The lowest BCUT2D eigenvalue weighted by Crippen LogP contribution is -2.62. The molecule has 0 aliphatic rings. The fourth-order valence-electron chi connectivity index (χ4n) is 2.00. The topological polar surface area (TPSA) is 63.4 Å².